The molecule has 0 saturated carbocycles. The monoisotopic (exact) mass is 547 g/mol. The van der Waals surface area contributed by atoms with Crippen LogP contribution < -0.4 is 9.62 Å². The van der Waals surface area contributed by atoms with Gasteiger partial charge in [0.15, 0.2) is 0 Å². The number of nitrogens with one attached hydrogen (secondary N) is 1. The van der Waals surface area contributed by atoms with Crippen LogP contribution in [0.15, 0.2) is 36.4 Å². The van der Waals surface area contributed by atoms with E-state index in [1.54, 1.807) is 6.92 Å². The van der Waals surface area contributed by atoms with Gasteiger partial charge in [-0.25, -0.2) is 8.42 Å². The van der Waals surface area contributed by atoms with Gasteiger partial charge in [-0.3, -0.25) is 13.9 Å². The number of aryl methyl sites for hydroxylation is 1. The zero-order chi connectivity index (χ0) is 25.6. The van der Waals surface area contributed by atoms with Crippen LogP contribution in [0.5, 0.6) is 0 Å². The molecule has 2 amide bonds. The van der Waals surface area contributed by atoms with Gasteiger partial charge < -0.3 is 10.2 Å². The van der Waals surface area contributed by atoms with Crippen molar-refractivity contribution in [2.45, 2.75) is 39.8 Å². The number of benzene rings is 2. The van der Waals surface area contributed by atoms with Crippen molar-refractivity contribution < 1.29 is 18.0 Å². The van der Waals surface area contributed by atoms with Crippen LogP contribution in [0.3, 0.4) is 0 Å². The molecule has 0 heterocycles. The lowest BCUT2D eigenvalue weighted by atomic mass is 10.1. The summed E-state index contributed by atoms with van der Waals surface area (Å²) in [5, 5.41) is 3.04. The third-order valence-corrected chi connectivity index (χ3v) is 7.24. The molecule has 2 aromatic rings. The standard InChI is InChI=1S/C23H28Cl3N3O4S/c1-5-9-27-23(31)16(3)28(13-17-8-6-7-15(2)10-17)22(30)14-29(34(4,32)33)21-12-19(25)18(24)11-20(21)26/h6-8,10-12,16H,5,9,13-14H2,1-4H3,(H,27,31)/t16-/m0/s1. The van der Waals surface area contributed by atoms with Gasteiger partial charge >= 0.3 is 0 Å². The number of carbonyl (C=O) groups is 2. The van der Waals surface area contributed by atoms with Crippen molar-refractivity contribution in [1.82, 2.24) is 10.2 Å². The SMILES string of the molecule is CCCNC(=O)[C@H](C)N(Cc1cccc(C)c1)C(=O)CN(c1cc(Cl)c(Cl)cc1Cl)S(C)(=O)=O. The highest BCUT2D eigenvalue weighted by molar-refractivity contribution is 7.92. The van der Waals surface area contributed by atoms with Gasteiger partial charge in [0.1, 0.15) is 12.6 Å². The van der Waals surface area contributed by atoms with Crippen molar-refractivity contribution in [1.29, 1.82) is 0 Å². The van der Waals surface area contributed by atoms with Crippen LogP contribution >= 0.6 is 34.8 Å². The molecule has 186 valence electrons. The summed E-state index contributed by atoms with van der Waals surface area (Å²) in [6.07, 6.45) is 1.70. The number of hydrogen-bond acceptors (Lipinski definition) is 4. The Hall–Kier alpha value is -2.00. The summed E-state index contributed by atoms with van der Waals surface area (Å²) in [7, 11) is -3.94. The molecular formula is C23H28Cl3N3O4S. The molecule has 0 bridgehead atoms. The molecule has 0 radical (unpaired) electrons. The molecule has 0 spiro atoms. The van der Waals surface area contributed by atoms with Crippen LogP contribution in [0.2, 0.25) is 15.1 Å². The van der Waals surface area contributed by atoms with E-state index in [2.05, 4.69) is 5.32 Å². The quantitative estimate of drug-likeness (QED) is 0.437. The summed E-state index contributed by atoms with van der Waals surface area (Å²) in [5.74, 6) is -0.908. The number of sulfonamides is 1. The molecule has 11 heteroatoms. The van der Waals surface area contributed by atoms with Crippen molar-refractivity contribution in [3.05, 3.63) is 62.6 Å². The number of halogens is 3. The van der Waals surface area contributed by atoms with Gasteiger partial charge in [0.2, 0.25) is 21.8 Å². The molecule has 1 atom stereocenters. The Morgan fingerprint density at radius 2 is 1.71 bits per heavy atom. The van der Waals surface area contributed by atoms with Gasteiger partial charge in [-0.1, -0.05) is 71.6 Å². The largest absolute Gasteiger partial charge is 0.354 e. The lowest BCUT2D eigenvalue weighted by Crippen LogP contribution is -2.51. The zero-order valence-electron chi connectivity index (χ0n) is 19.4. The van der Waals surface area contributed by atoms with Crippen molar-refractivity contribution in [2.24, 2.45) is 0 Å². The average molecular weight is 549 g/mol. The van der Waals surface area contributed by atoms with E-state index in [1.807, 2.05) is 38.1 Å². The lowest BCUT2D eigenvalue weighted by molar-refractivity contribution is -0.139. The predicted octanol–water partition coefficient (Wildman–Crippen LogP) is 4.66. The van der Waals surface area contributed by atoms with Crippen LogP contribution in [0.1, 0.15) is 31.4 Å². The molecule has 2 rings (SSSR count). The van der Waals surface area contributed by atoms with Crippen LogP contribution in [0.4, 0.5) is 5.69 Å². The molecular weight excluding hydrogens is 521 g/mol. The first kappa shape index (κ1) is 28.2. The van der Waals surface area contributed by atoms with E-state index >= 15 is 0 Å². The van der Waals surface area contributed by atoms with Gasteiger partial charge in [0.25, 0.3) is 0 Å². The highest BCUT2D eigenvalue weighted by Crippen LogP contribution is 2.35. The Morgan fingerprint density at radius 1 is 1.06 bits per heavy atom. The zero-order valence-corrected chi connectivity index (χ0v) is 22.5. The number of rotatable bonds is 10. The lowest BCUT2D eigenvalue weighted by Gasteiger charge is -2.31. The molecule has 0 aliphatic rings. The summed E-state index contributed by atoms with van der Waals surface area (Å²) in [6, 6.07) is 9.29. The number of nitrogens with zero attached hydrogens (tertiary/aromatic N) is 2. The molecule has 1 N–H and O–H groups in total. The van der Waals surface area contributed by atoms with Crippen LogP contribution in [0, 0.1) is 6.92 Å². The van der Waals surface area contributed by atoms with Gasteiger partial charge in [-0.05, 0) is 38.0 Å². The fourth-order valence-corrected chi connectivity index (χ4v) is 4.83. The van der Waals surface area contributed by atoms with E-state index in [0.717, 1.165) is 28.1 Å². The summed E-state index contributed by atoms with van der Waals surface area (Å²) in [5.41, 5.74) is 1.82. The Kier molecular flexibility index (Phi) is 10.1. The minimum atomic E-state index is -3.94. The van der Waals surface area contributed by atoms with Gasteiger partial charge in [-0.15, -0.1) is 0 Å². The minimum absolute atomic E-state index is 0.0190. The highest BCUT2D eigenvalue weighted by atomic mass is 35.5. The van der Waals surface area contributed by atoms with Gasteiger partial charge in [0.05, 0.1) is 27.0 Å². The first-order valence-corrected chi connectivity index (χ1v) is 13.6. The fourth-order valence-electron chi connectivity index (χ4n) is 3.28. The second-order valence-corrected chi connectivity index (χ2v) is 11.1. The van der Waals surface area contributed by atoms with Crippen LogP contribution in [-0.2, 0) is 26.2 Å². The molecule has 0 unspecified atom stereocenters. The van der Waals surface area contributed by atoms with E-state index in [9.17, 15) is 18.0 Å². The van der Waals surface area contributed by atoms with Crippen molar-refractivity contribution >= 4 is 62.3 Å². The maximum absolute atomic E-state index is 13.5. The third-order valence-electron chi connectivity index (χ3n) is 5.09. The summed E-state index contributed by atoms with van der Waals surface area (Å²) in [6.45, 7) is 5.46. The summed E-state index contributed by atoms with van der Waals surface area (Å²) in [4.78, 5) is 27.5. The van der Waals surface area contributed by atoms with Gasteiger partial charge in [0, 0.05) is 13.1 Å². The van der Waals surface area contributed by atoms with E-state index in [0.29, 0.717) is 6.54 Å². The second kappa shape index (κ2) is 12.1. The maximum atomic E-state index is 13.5. The summed E-state index contributed by atoms with van der Waals surface area (Å²) < 4.78 is 26.1. The first-order chi connectivity index (χ1) is 15.8. The number of carbonyl (C=O) groups excluding carboxylic acids is 2. The first-order valence-electron chi connectivity index (χ1n) is 10.6. The molecule has 0 aliphatic carbocycles. The molecule has 0 fully saturated rings. The smallest absolute Gasteiger partial charge is 0.244 e. The third kappa shape index (κ3) is 7.50. The van der Waals surface area contributed by atoms with Crippen molar-refractivity contribution in [3.63, 3.8) is 0 Å². The Morgan fingerprint density at radius 3 is 2.29 bits per heavy atom. The normalized spacial score (nSPS) is 12.2. The molecule has 0 aliphatic heterocycles. The molecule has 34 heavy (non-hydrogen) atoms. The average Bonchev–Trinajstić information content (AvgIpc) is 2.75. The van der Waals surface area contributed by atoms with Crippen LogP contribution in [0.25, 0.3) is 0 Å². The van der Waals surface area contributed by atoms with Gasteiger partial charge in [-0.2, -0.15) is 0 Å². The molecule has 7 nitrogen and oxygen atoms in total. The number of anilines is 1. The second-order valence-electron chi connectivity index (χ2n) is 7.97. The van der Waals surface area contributed by atoms with E-state index in [1.165, 1.54) is 17.0 Å². The fraction of sp³-hybridized carbons (Fsp3) is 0.391. The summed E-state index contributed by atoms with van der Waals surface area (Å²) >= 11 is 18.3. The van der Waals surface area contributed by atoms with E-state index in [4.69, 9.17) is 34.8 Å². The molecule has 0 saturated heterocycles. The molecule has 0 aromatic heterocycles. The Labute approximate surface area is 216 Å². The maximum Gasteiger partial charge on any atom is 0.244 e. The van der Waals surface area contributed by atoms with Crippen LogP contribution in [-0.4, -0.2) is 50.5 Å². The number of hydrogen-bond donors (Lipinski definition) is 1. The Balaban J connectivity index is 2.44. The topological polar surface area (TPSA) is 86.8 Å². The van der Waals surface area contributed by atoms with Crippen molar-refractivity contribution in [2.75, 3.05) is 23.7 Å². The highest BCUT2D eigenvalue weighted by Gasteiger charge is 2.31. The van der Waals surface area contributed by atoms with E-state index < -0.39 is 28.5 Å². The van der Waals surface area contributed by atoms with E-state index in [-0.39, 0.29) is 33.2 Å². The predicted molar refractivity (Wildman–Crippen MR) is 138 cm³/mol. The van der Waals surface area contributed by atoms with Crippen molar-refractivity contribution in [3.8, 4) is 0 Å². The minimum Gasteiger partial charge on any atom is -0.354 e. The number of amides is 2. The Bertz CT molecular complexity index is 1160. The molecule has 2 aromatic carbocycles.